The molecule has 0 aliphatic carbocycles. The van der Waals surface area contributed by atoms with Crippen molar-refractivity contribution in [3.05, 3.63) is 119 Å². The van der Waals surface area contributed by atoms with Crippen molar-refractivity contribution in [3.8, 4) is 10.4 Å². The quantitative estimate of drug-likeness (QED) is 0.298. The number of likely N-dealkylation sites (tertiary alicyclic amines) is 1. The first-order valence-electron chi connectivity index (χ1n) is 11.7. The molecule has 0 saturated carbocycles. The number of nitrogens with zero attached hydrogens (tertiary/aromatic N) is 1. The highest BCUT2D eigenvalue weighted by Gasteiger charge is 2.29. The van der Waals surface area contributed by atoms with Gasteiger partial charge in [0.2, 0.25) is 0 Å². The largest absolute Gasteiger partial charge is 0.299 e. The third kappa shape index (κ3) is 4.72. The van der Waals surface area contributed by atoms with E-state index in [0.29, 0.717) is 11.8 Å². The Morgan fingerprint density at radius 3 is 1.88 bits per heavy atom. The Bertz CT molecular complexity index is 1070. The van der Waals surface area contributed by atoms with E-state index >= 15 is 0 Å². The summed E-state index contributed by atoms with van der Waals surface area (Å²) in [5.74, 6) is 1.19. The van der Waals surface area contributed by atoms with Crippen molar-refractivity contribution in [2.75, 3.05) is 13.1 Å². The Morgan fingerprint density at radius 1 is 0.781 bits per heavy atom. The van der Waals surface area contributed by atoms with Crippen molar-refractivity contribution in [1.29, 1.82) is 0 Å². The number of benzene rings is 3. The highest BCUT2D eigenvalue weighted by molar-refractivity contribution is 7.15. The minimum atomic E-state index is 0.493. The molecule has 0 atom stereocenters. The van der Waals surface area contributed by atoms with Crippen LogP contribution in [0.3, 0.4) is 0 Å². The molecule has 0 N–H and O–H groups in total. The van der Waals surface area contributed by atoms with Gasteiger partial charge in [0.15, 0.2) is 0 Å². The van der Waals surface area contributed by atoms with Crippen molar-refractivity contribution in [2.45, 2.75) is 32.2 Å². The lowest BCUT2D eigenvalue weighted by Gasteiger charge is -2.36. The van der Waals surface area contributed by atoms with Gasteiger partial charge in [0.1, 0.15) is 0 Å². The number of aryl methyl sites for hydroxylation is 1. The fourth-order valence-corrected chi connectivity index (χ4v) is 6.20. The number of hydrogen-bond donors (Lipinski definition) is 0. The molecule has 3 aromatic carbocycles. The maximum absolute atomic E-state index is 2.66. The van der Waals surface area contributed by atoms with Crippen molar-refractivity contribution in [3.63, 3.8) is 0 Å². The summed E-state index contributed by atoms with van der Waals surface area (Å²) in [7, 11) is 0. The Morgan fingerprint density at radius 2 is 1.31 bits per heavy atom. The number of rotatable bonds is 6. The Labute approximate surface area is 196 Å². The number of thiophene rings is 1. The van der Waals surface area contributed by atoms with Gasteiger partial charge in [-0.2, -0.15) is 0 Å². The average Bonchev–Trinajstić information content (AvgIpc) is 3.22. The van der Waals surface area contributed by atoms with Crippen LogP contribution in [0.2, 0.25) is 0 Å². The third-order valence-electron chi connectivity index (χ3n) is 6.89. The van der Waals surface area contributed by atoms with E-state index in [-0.39, 0.29) is 0 Å². The van der Waals surface area contributed by atoms with E-state index in [0.717, 1.165) is 6.54 Å². The zero-order valence-electron chi connectivity index (χ0n) is 18.8. The first-order valence-corrected chi connectivity index (χ1v) is 12.6. The molecule has 2 heterocycles. The van der Waals surface area contributed by atoms with E-state index < -0.39 is 0 Å². The SMILES string of the molecule is Cc1sc(-c2ccccc2)cc1CN1CCC(C(c2ccccc2)c2ccccc2)CC1. The van der Waals surface area contributed by atoms with Gasteiger partial charge in [-0.25, -0.2) is 0 Å². The summed E-state index contributed by atoms with van der Waals surface area (Å²) in [6, 6.07) is 35.4. The lowest BCUT2D eigenvalue weighted by atomic mass is 9.76. The van der Waals surface area contributed by atoms with Gasteiger partial charge in [-0.05, 0) is 67.1 Å². The molecule has 4 aromatic rings. The summed E-state index contributed by atoms with van der Waals surface area (Å²) in [5, 5.41) is 0. The maximum Gasteiger partial charge on any atom is 0.0348 e. The van der Waals surface area contributed by atoms with Crippen molar-refractivity contribution < 1.29 is 0 Å². The van der Waals surface area contributed by atoms with Crippen molar-refractivity contribution in [1.82, 2.24) is 4.90 Å². The predicted molar refractivity (Wildman–Crippen MR) is 137 cm³/mol. The van der Waals surface area contributed by atoms with Gasteiger partial charge in [-0.1, -0.05) is 91.0 Å². The fourth-order valence-electron chi connectivity index (χ4n) is 5.16. The second-order valence-corrected chi connectivity index (χ2v) is 10.2. The number of piperidine rings is 1. The second kappa shape index (κ2) is 9.85. The molecule has 5 rings (SSSR count). The smallest absolute Gasteiger partial charge is 0.0348 e. The molecule has 0 bridgehead atoms. The predicted octanol–water partition coefficient (Wildman–Crippen LogP) is 7.77. The zero-order chi connectivity index (χ0) is 21.8. The molecule has 32 heavy (non-hydrogen) atoms. The first-order chi connectivity index (χ1) is 15.8. The highest BCUT2D eigenvalue weighted by atomic mass is 32.1. The standard InChI is InChI=1S/C30H31NS/c1-23-28(21-29(32-23)24-11-5-2-6-12-24)22-31-19-17-27(18-20-31)30(25-13-7-3-8-14-25)26-15-9-4-10-16-26/h2-16,21,27,30H,17-20,22H2,1H3. The van der Waals surface area contributed by atoms with E-state index in [1.165, 1.54) is 57.9 Å². The molecule has 2 heteroatoms. The first kappa shape index (κ1) is 21.2. The average molecular weight is 438 g/mol. The fraction of sp³-hybridized carbons (Fsp3) is 0.267. The molecule has 0 radical (unpaired) electrons. The van der Waals surface area contributed by atoms with E-state index in [4.69, 9.17) is 0 Å². The Balaban J connectivity index is 1.28. The van der Waals surface area contributed by atoms with Crippen LogP contribution in [0.25, 0.3) is 10.4 Å². The van der Waals surface area contributed by atoms with Gasteiger partial charge in [0, 0.05) is 22.2 Å². The van der Waals surface area contributed by atoms with Crippen LogP contribution < -0.4 is 0 Å². The topological polar surface area (TPSA) is 3.24 Å². The Hall–Kier alpha value is -2.68. The van der Waals surface area contributed by atoms with Gasteiger partial charge in [0.25, 0.3) is 0 Å². The molecular formula is C30H31NS. The molecule has 0 spiro atoms. The van der Waals surface area contributed by atoms with E-state index in [9.17, 15) is 0 Å². The lowest BCUT2D eigenvalue weighted by Crippen LogP contribution is -2.35. The van der Waals surface area contributed by atoms with Crippen LogP contribution in [0.5, 0.6) is 0 Å². The van der Waals surface area contributed by atoms with Gasteiger partial charge in [0.05, 0.1) is 0 Å². The molecule has 1 saturated heterocycles. The minimum absolute atomic E-state index is 0.493. The van der Waals surface area contributed by atoms with Crippen LogP contribution >= 0.6 is 11.3 Å². The van der Waals surface area contributed by atoms with Gasteiger partial charge >= 0.3 is 0 Å². The molecule has 1 fully saturated rings. The summed E-state index contributed by atoms with van der Waals surface area (Å²) in [6.45, 7) is 5.71. The third-order valence-corrected chi connectivity index (χ3v) is 8.04. The molecular weight excluding hydrogens is 406 g/mol. The van der Waals surface area contributed by atoms with Gasteiger partial charge in [-0.15, -0.1) is 11.3 Å². The van der Waals surface area contributed by atoms with Gasteiger partial charge in [-0.3, -0.25) is 4.90 Å². The molecule has 1 nitrogen and oxygen atoms in total. The van der Waals surface area contributed by atoms with Crippen LogP contribution in [-0.2, 0) is 6.54 Å². The normalized spacial score (nSPS) is 15.3. The van der Waals surface area contributed by atoms with Crippen LogP contribution in [-0.4, -0.2) is 18.0 Å². The van der Waals surface area contributed by atoms with Crippen LogP contribution in [0.4, 0.5) is 0 Å². The van der Waals surface area contributed by atoms with E-state index in [1.807, 2.05) is 11.3 Å². The van der Waals surface area contributed by atoms with Crippen molar-refractivity contribution in [2.24, 2.45) is 5.92 Å². The molecule has 1 aliphatic heterocycles. The highest BCUT2D eigenvalue weighted by Crippen LogP contribution is 2.39. The summed E-state index contributed by atoms with van der Waals surface area (Å²) in [5.41, 5.74) is 5.74. The molecule has 0 amide bonds. The lowest BCUT2D eigenvalue weighted by molar-refractivity contribution is 0.168. The monoisotopic (exact) mass is 437 g/mol. The molecule has 162 valence electrons. The maximum atomic E-state index is 2.66. The summed E-state index contributed by atoms with van der Waals surface area (Å²) in [4.78, 5) is 5.51. The van der Waals surface area contributed by atoms with E-state index in [2.05, 4.69) is 109 Å². The molecule has 1 aliphatic rings. The summed E-state index contributed by atoms with van der Waals surface area (Å²) < 4.78 is 0. The zero-order valence-corrected chi connectivity index (χ0v) is 19.6. The van der Waals surface area contributed by atoms with Crippen LogP contribution in [0.15, 0.2) is 97.1 Å². The van der Waals surface area contributed by atoms with Gasteiger partial charge < -0.3 is 0 Å². The molecule has 1 aromatic heterocycles. The Kier molecular flexibility index (Phi) is 6.52. The minimum Gasteiger partial charge on any atom is -0.299 e. The van der Waals surface area contributed by atoms with Crippen LogP contribution in [0, 0.1) is 12.8 Å². The summed E-state index contributed by atoms with van der Waals surface area (Å²) >= 11 is 1.93. The summed E-state index contributed by atoms with van der Waals surface area (Å²) in [6.07, 6.45) is 2.51. The van der Waals surface area contributed by atoms with Crippen molar-refractivity contribution >= 4 is 11.3 Å². The second-order valence-electron chi connectivity index (χ2n) is 8.97. The number of hydrogen-bond acceptors (Lipinski definition) is 2. The van der Waals surface area contributed by atoms with E-state index in [1.54, 1.807) is 0 Å². The van der Waals surface area contributed by atoms with Crippen LogP contribution in [0.1, 0.15) is 40.3 Å². The molecule has 0 unspecified atom stereocenters.